The zero-order valence-electron chi connectivity index (χ0n) is 27.3. The molecule has 5 aromatic carbocycles. The van der Waals surface area contributed by atoms with Crippen molar-refractivity contribution in [1.29, 1.82) is 0 Å². The molecular formula is C45H33N5. The third-order valence-corrected chi connectivity index (χ3v) is 9.60. The van der Waals surface area contributed by atoms with Crippen LogP contribution >= 0.6 is 0 Å². The van der Waals surface area contributed by atoms with E-state index in [0.29, 0.717) is 5.82 Å². The van der Waals surface area contributed by atoms with Gasteiger partial charge >= 0.3 is 0 Å². The van der Waals surface area contributed by atoms with E-state index in [4.69, 9.17) is 15.0 Å². The Morgan fingerprint density at radius 2 is 1.14 bits per heavy atom. The van der Waals surface area contributed by atoms with Crippen LogP contribution in [0.3, 0.4) is 0 Å². The van der Waals surface area contributed by atoms with Crippen LogP contribution in [0.4, 0.5) is 0 Å². The first-order valence-corrected chi connectivity index (χ1v) is 17.0. The maximum absolute atomic E-state index is 5.52. The van der Waals surface area contributed by atoms with Gasteiger partial charge < -0.3 is 5.32 Å². The van der Waals surface area contributed by atoms with E-state index in [2.05, 4.69) is 132 Å². The second kappa shape index (κ2) is 12.9. The maximum atomic E-state index is 5.52. The van der Waals surface area contributed by atoms with Gasteiger partial charge in [0.1, 0.15) is 5.84 Å². The van der Waals surface area contributed by atoms with Gasteiger partial charge in [-0.05, 0) is 52.6 Å². The lowest BCUT2D eigenvalue weighted by molar-refractivity contribution is 0.453. The summed E-state index contributed by atoms with van der Waals surface area (Å²) in [7, 11) is 0. The molecule has 0 radical (unpaired) electrons. The van der Waals surface area contributed by atoms with E-state index in [0.717, 1.165) is 50.6 Å². The van der Waals surface area contributed by atoms with Crippen molar-refractivity contribution in [3.05, 3.63) is 192 Å². The molecule has 9 rings (SSSR count). The van der Waals surface area contributed by atoms with Crippen molar-refractivity contribution < 1.29 is 0 Å². The highest BCUT2D eigenvalue weighted by molar-refractivity contribution is 6.02. The number of amidine groups is 1. The molecule has 5 nitrogen and oxygen atoms in total. The third kappa shape index (κ3) is 5.69. The second-order valence-electron chi connectivity index (χ2n) is 12.8. The normalized spacial score (nSPS) is 17.6. The van der Waals surface area contributed by atoms with Crippen LogP contribution in [0.5, 0.6) is 0 Å². The lowest BCUT2D eigenvalue weighted by Gasteiger charge is -2.39. The average Bonchev–Trinajstić information content (AvgIpc) is 3.21. The molecule has 0 saturated heterocycles. The molecule has 3 atom stereocenters. The molecular weight excluding hydrogens is 611 g/mol. The summed E-state index contributed by atoms with van der Waals surface area (Å²) in [5.41, 5.74) is 11.5. The molecule has 1 N–H and O–H groups in total. The largest absolute Gasteiger partial charge is 0.363 e. The summed E-state index contributed by atoms with van der Waals surface area (Å²) >= 11 is 0. The summed E-state index contributed by atoms with van der Waals surface area (Å²) in [5.74, 6) is 1.65. The number of aliphatic imine (C=N–C) groups is 1. The summed E-state index contributed by atoms with van der Waals surface area (Å²) in [6.45, 7) is 0. The predicted octanol–water partition coefficient (Wildman–Crippen LogP) is 9.81. The Kier molecular flexibility index (Phi) is 7.63. The zero-order chi connectivity index (χ0) is 33.3. The Morgan fingerprint density at radius 1 is 0.520 bits per heavy atom. The van der Waals surface area contributed by atoms with Crippen LogP contribution in [0.2, 0.25) is 0 Å². The Balaban J connectivity index is 1.23. The number of fused-ring (bicyclic) bond motifs is 3. The molecule has 0 spiro atoms. The van der Waals surface area contributed by atoms with E-state index in [1.54, 1.807) is 6.20 Å². The standard InChI is InChI=1S/C45H33N5/c1-4-14-31(15-5-1)40-28-41(32-16-6-2-7-17-32)49-44(48-40)36-25-35(34-20-12-24-46-29-34)26-37(27-36)45-47-39-23-22-30-13-10-11-21-38(30)42(39)43(50-45)33-18-8-3-9-19-33/h1-29,39,42-43H,(H,47,50). The summed E-state index contributed by atoms with van der Waals surface area (Å²) in [4.78, 5) is 20.3. The Hall–Kier alpha value is -6.46. The van der Waals surface area contributed by atoms with Crippen LogP contribution < -0.4 is 5.32 Å². The van der Waals surface area contributed by atoms with Crippen LogP contribution in [0.1, 0.15) is 34.2 Å². The van der Waals surface area contributed by atoms with Crippen LogP contribution in [-0.4, -0.2) is 26.8 Å². The minimum absolute atomic E-state index is 0.0652. The van der Waals surface area contributed by atoms with E-state index in [1.165, 1.54) is 16.7 Å². The fraction of sp³-hybridized carbons (Fsp3) is 0.0667. The molecule has 7 aromatic rings. The highest BCUT2D eigenvalue weighted by Gasteiger charge is 2.38. The van der Waals surface area contributed by atoms with Gasteiger partial charge in [-0.15, -0.1) is 0 Å². The number of nitrogens with one attached hydrogen (secondary N) is 1. The number of hydrogen-bond donors (Lipinski definition) is 1. The number of aromatic nitrogens is 3. The second-order valence-corrected chi connectivity index (χ2v) is 12.8. The number of hydrogen-bond acceptors (Lipinski definition) is 5. The van der Waals surface area contributed by atoms with E-state index in [1.807, 2.05) is 48.7 Å². The minimum atomic E-state index is -0.0728. The average molecular weight is 644 g/mol. The molecule has 0 saturated carbocycles. The van der Waals surface area contributed by atoms with Gasteiger partial charge in [0.05, 0.1) is 23.5 Å². The van der Waals surface area contributed by atoms with Gasteiger partial charge in [0, 0.05) is 46.1 Å². The number of pyridine rings is 1. The smallest absolute Gasteiger partial charge is 0.160 e. The fourth-order valence-electron chi connectivity index (χ4n) is 7.18. The first-order chi connectivity index (χ1) is 24.8. The molecule has 238 valence electrons. The Labute approximate surface area is 291 Å². The van der Waals surface area contributed by atoms with Crippen molar-refractivity contribution in [1.82, 2.24) is 20.3 Å². The molecule has 1 aliphatic carbocycles. The Bertz CT molecular complexity index is 2300. The zero-order valence-corrected chi connectivity index (χ0v) is 27.3. The maximum Gasteiger partial charge on any atom is 0.160 e. The van der Waals surface area contributed by atoms with Crippen molar-refractivity contribution in [2.45, 2.75) is 18.0 Å². The van der Waals surface area contributed by atoms with Gasteiger partial charge in [-0.25, -0.2) is 9.97 Å². The quantitative estimate of drug-likeness (QED) is 0.196. The van der Waals surface area contributed by atoms with E-state index in [-0.39, 0.29) is 18.0 Å². The van der Waals surface area contributed by atoms with Gasteiger partial charge in [0.2, 0.25) is 0 Å². The Morgan fingerprint density at radius 3 is 1.84 bits per heavy atom. The van der Waals surface area contributed by atoms with Crippen LogP contribution in [0.25, 0.3) is 51.1 Å². The molecule has 3 heterocycles. The summed E-state index contributed by atoms with van der Waals surface area (Å²) in [5, 5.41) is 3.85. The number of rotatable bonds is 6. The van der Waals surface area contributed by atoms with E-state index < -0.39 is 0 Å². The molecule has 2 aromatic heterocycles. The third-order valence-electron chi connectivity index (χ3n) is 9.60. The van der Waals surface area contributed by atoms with Gasteiger partial charge in [-0.2, -0.15) is 0 Å². The SMILES string of the molecule is C1=CC2NC(c3cc(-c4cccnc4)cc(-c4nc(-c5ccccc5)cc(-c5ccccc5)n4)c3)=NC(c3ccccc3)C2c2ccccc21. The van der Waals surface area contributed by atoms with Gasteiger partial charge in [0.25, 0.3) is 0 Å². The topological polar surface area (TPSA) is 63.1 Å². The molecule has 5 heteroatoms. The van der Waals surface area contributed by atoms with Crippen molar-refractivity contribution in [3.8, 4) is 45.0 Å². The highest BCUT2D eigenvalue weighted by Crippen LogP contribution is 2.44. The molecule has 1 aliphatic heterocycles. The van der Waals surface area contributed by atoms with Gasteiger partial charge in [-0.3, -0.25) is 9.98 Å². The van der Waals surface area contributed by atoms with Gasteiger partial charge in [0.15, 0.2) is 5.82 Å². The van der Waals surface area contributed by atoms with E-state index in [9.17, 15) is 0 Å². The highest BCUT2D eigenvalue weighted by atomic mass is 15.1. The summed E-state index contributed by atoms with van der Waals surface area (Å²) in [6.07, 6.45) is 8.23. The first kappa shape index (κ1) is 29.7. The lowest BCUT2D eigenvalue weighted by atomic mass is 9.75. The van der Waals surface area contributed by atoms with Crippen molar-refractivity contribution in [2.24, 2.45) is 4.99 Å². The van der Waals surface area contributed by atoms with Crippen LogP contribution in [0.15, 0.2) is 175 Å². The molecule has 0 bridgehead atoms. The summed E-state index contributed by atoms with van der Waals surface area (Å²) in [6, 6.07) is 52.6. The number of nitrogens with zero attached hydrogens (tertiary/aromatic N) is 4. The van der Waals surface area contributed by atoms with Crippen molar-refractivity contribution >= 4 is 11.9 Å². The molecule has 50 heavy (non-hydrogen) atoms. The number of benzene rings is 5. The molecule has 0 amide bonds. The fourth-order valence-corrected chi connectivity index (χ4v) is 7.18. The first-order valence-electron chi connectivity index (χ1n) is 17.0. The van der Waals surface area contributed by atoms with Crippen LogP contribution in [0, 0.1) is 0 Å². The molecule has 0 fully saturated rings. The summed E-state index contributed by atoms with van der Waals surface area (Å²) < 4.78 is 0. The van der Waals surface area contributed by atoms with Crippen LogP contribution in [-0.2, 0) is 0 Å². The predicted molar refractivity (Wildman–Crippen MR) is 202 cm³/mol. The van der Waals surface area contributed by atoms with Gasteiger partial charge in [-0.1, -0.05) is 133 Å². The van der Waals surface area contributed by atoms with Crippen molar-refractivity contribution in [2.75, 3.05) is 0 Å². The monoisotopic (exact) mass is 643 g/mol. The minimum Gasteiger partial charge on any atom is -0.363 e. The van der Waals surface area contributed by atoms with E-state index >= 15 is 0 Å². The van der Waals surface area contributed by atoms with Crippen molar-refractivity contribution in [3.63, 3.8) is 0 Å². The molecule has 2 aliphatic rings. The lowest BCUT2D eigenvalue weighted by Crippen LogP contribution is -2.45. The molecule has 3 unspecified atom stereocenters.